The number of hydrogen-bond acceptors (Lipinski definition) is 8. The molecule has 0 aromatic heterocycles. The normalized spacial score (nSPS) is 23.0. The van der Waals surface area contributed by atoms with E-state index < -0.39 is 49.5 Å². The van der Waals surface area contributed by atoms with Crippen LogP contribution in [0, 0.1) is 0 Å². The van der Waals surface area contributed by atoms with E-state index >= 15 is 0 Å². The molecule has 46 heavy (non-hydrogen) atoms. The summed E-state index contributed by atoms with van der Waals surface area (Å²) in [5.74, 6) is -0.168. The third-order valence-corrected chi connectivity index (χ3v) is 9.46. The van der Waals surface area contributed by atoms with E-state index in [9.17, 15) is 30.3 Å². The Morgan fingerprint density at radius 3 is 1.54 bits per heavy atom. The van der Waals surface area contributed by atoms with Gasteiger partial charge in [-0.15, -0.1) is 0 Å². The van der Waals surface area contributed by atoms with E-state index in [-0.39, 0.29) is 12.5 Å². The number of aliphatic hydroxyl groups is 5. The van der Waals surface area contributed by atoms with E-state index in [1.807, 2.05) is 0 Å². The van der Waals surface area contributed by atoms with E-state index in [4.69, 9.17) is 9.47 Å². The summed E-state index contributed by atoms with van der Waals surface area (Å²) in [5.41, 5.74) is 0. The smallest absolute Gasteiger partial charge is 0.220 e. The number of aliphatic hydroxyl groups excluding tert-OH is 5. The molecule has 0 spiro atoms. The van der Waals surface area contributed by atoms with Crippen molar-refractivity contribution in [3.8, 4) is 0 Å². The van der Waals surface area contributed by atoms with Crippen LogP contribution in [0.4, 0.5) is 0 Å². The summed E-state index contributed by atoms with van der Waals surface area (Å²) in [6.07, 6.45) is 22.0. The Kier molecular flexibility index (Phi) is 27.4. The van der Waals surface area contributed by atoms with Gasteiger partial charge in [0, 0.05) is 6.42 Å². The van der Waals surface area contributed by atoms with Gasteiger partial charge < -0.3 is 40.3 Å². The number of nitrogens with one attached hydrogen (secondary N) is 1. The van der Waals surface area contributed by atoms with E-state index in [2.05, 4.69) is 19.2 Å². The maximum absolute atomic E-state index is 12.5. The van der Waals surface area contributed by atoms with Crippen molar-refractivity contribution < 1.29 is 39.8 Å². The van der Waals surface area contributed by atoms with Crippen molar-refractivity contribution in [1.29, 1.82) is 0 Å². The number of carbonyl (C=O) groups is 1. The van der Waals surface area contributed by atoms with Gasteiger partial charge in [0.05, 0.1) is 25.4 Å². The topological polar surface area (TPSA) is 149 Å². The fourth-order valence-corrected chi connectivity index (χ4v) is 6.28. The molecule has 1 heterocycles. The standard InChI is InChI=1S/C37H73NO8/c1-3-5-7-8-9-10-11-12-13-14-15-16-17-18-19-20-21-22-23-25-26-31(40)30(38-33(41)27-24-6-4-2)29-45-37-36(44)35(43)34(42)32(28-39)46-37/h30-32,34-37,39-40,42-44H,3-29H2,1-2H3,(H,38,41). The molecule has 274 valence electrons. The molecular formula is C37H73NO8. The van der Waals surface area contributed by atoms with Gasteiger partial charge in [0.15, 0.2) is 6.29 Å². The first-order valence-corrected chi connectivity index (χ1v) is 19.2. The first-order chi connectivity index (χ1) is 22.3. The molecule has 1 aliphatic heterocycles. The first-order valence-electron chi connectivity index (χ1n) is 19.2. The molecule has 0 bridgehead atoms. The van der Waals surface area contributed by atoms with Crippen LogP contribution in [0.1, 0.15) is 174 Å². The van der Waals surface area contributed by atoms with Crippen molar-refractivity contribution in [1.82, 2.24) is 5.32 Å². The van der Waals surface area contributed by atoms with Crippen LogP contribution < -0.4 is 5.32 Å². The summed E-state index contributed by atoms with van der Waals surface area (Å²) in [5, 5.41) is 53.6. The second kappa shape index (κ2) is 29.1. The molecule has 1 fully saturated rings. The predicted octanol–water partition coefficient (Wildman–Crippen LogP) is 6.44. The molecule has 7 unspecified atom stereocenters. The zero-order valence-electron chi connectivity index (χ0n) is 29.6. The minimum Gasteiger partial charge on any atom is -0.394 e. The van der Waals surface area contributed by atoms with Crippen LogP contribution in [0.15, 0.2) is 0 Å². The lowest BCUT2D eigenvalue weighted by Crippen LogP contribution is -2.60. The molecule has 1 aliphatic rings. The van der Waals surface area contributed by atoms with Crippen LogP contribution in [0.5, 0.6) is 0 Å². The Morgan fingerprint density at radius 1 is 0.652 bits per heavy atom. The number of rotatable bonds is 31. The fourth-order valence-electron chi connectivity index (χ4n) is 6.28. The Morgan fingerprint density at radius 2 is 1.09 bits per heavy atom. The molecule has 7 atom stereocenters. The van der Waals surface area contributed by atoms with Crippen molar-refractivity contribution >= 4 is 5.91 Å². The van der Waals surface area contributed by atoms with Crippen LogP contribution >= 0.6 is 0 Å². The summed E-state index contributed by atoms with van der Waals surface area (Å²) in [6.45, 7) is 3.66. The van der Waals surface area contributed by atoms with Crippen molar-refractivity contribution in [3.63, 3.8) is 0 Å². The molecule has 0 aromatic carbocycles. The Hall–Kier alpha value is -0.810. The summed E-state index contributed by atoms with van der Waals surface area (Å²) < 4.78 is 11.1. The van der Waals surface area contributed by atoms with E-state index in [1.54, 1.807) is 0 Å². The van der Waals surface area contributed by atoms with Gasteiger partial charge in [-0.25, -0.2) is 0 Å². The lowest BCUT2D eigenvalue weighted by molar-refractivity contribution is -0.302. The molecule has 1 amide bonds. The number of amides is 1. The maximum Gasteiger partial charge on any atom is 0.220 e. The molecule has 9 nitrogen and oxygen atoms in total. The zero-order valence-corrected chi connectivity index (χ0v) is 29.6. The largest absolute Gasteiger partial charge is 0.394 e. The Labute approximate surface area is 281 Å². The van der Waals surface area contributed by atoms with E-state index in [1.165, 1.54) is 109 Å². The third kappa shape index (κ3) is 20.5. The first kappa shape index (κ1) is 43.2. The van der Waals surface area contributed by atoms with E-state index in [0.29, 0.717) is 12.8 Å². The van der Waals surface area contributed by atoms with Crippen LogP contribution in [-0.2, 0) is 14.3 Å². The van der Waals surface area contributed by atoms with Crippen molar-refractivity contribution in [2.45, 2.75) is 217 Å². The average Bonchev–Trinajstić information content (AvgIpc) is 3.05. The van der Waals surface area contributed by atoms with Crippen LogP contribution in [0.25, 0.3) is 0 Å². The second-order valence-electron chi connectivity index (χ2n) is 13.7. The fraction of sp³-hybridized carbons (Fsp3) is 0.973. The number of carbonyl (C=O) groups excluding carboxylic acids is 1. The Bertz CT molecular complexity index is 696. The van der Waals surface area contributed by atoms with Gasteiger partial charge >= 0.3 is 0 Å². The molecule has 0 aliphatic carbocycles. The van der Waals surface area contributed by atoms with Gasteiger partial charge in [-0.05, 0) is 12.8 Å². The van der Waals surface area contributed by atoms with Crippen LogP contribution in [-0.4, -0.2) is 87.5 Å². The maximum atomic E-state index is 12.5. The van der Waals surface area contributed by atoms with Gasteiger partial charge in [-0.1, -0.05) is 155 Å². The number of unbranched alkanes of at least 4 members (excludes halogenated alkanes) is 21. The van der Waals surface area contributed by atoms with Gasteiger partial charge in [-0.2, -0.15) is 0 Å². The highest BCUT2D eigenvalue weighted by Gasteiger charge is 2.44. The monoisotopic (exact) mass is 660 g/mol. The zero-order chi connectivity index (χ0) is 33.8. The summed E-state index contributed by atoms with van der Waals surface area (Å²) in [6, 6.07) is -0.707. The van der Waals surface area contributed by atoms with Gasteiger partial charge in [0.25, 0.3) is 0 Å². The molecule has 9 heteroatoms. The lowest BCUT2D eigenvalue weighted by Gasteiger charge is -2.40. The Balaban J connectivity index is 2.19. The molecule has 0 radical (unpaired) electrons. The quantitative estimate of drug-likeness (QED) is 0.0466. The average molecular weight is 660 g/mol. The van der Waals surface area contributed by atoms with Crippen LogP contribution in [0.3, 0.4) is 0 Å². The van der Waals surface area contributed by atoms with Gasteiger partial charge in [-0.3, -0.25) is 4.79 Å². The van der Waals surface area contributed by atoms with Gasteiger partial charge in [0.1, 0.15) is 24.4 Å². The lowest BCUT2D eigenvalue weighted by atomic mass is 9.99. The minimum absolute atomic E-state index is 0.136. The molecule has 1 saturated heterocycles. The SMILES string of the molecule is CCCCCCCCCCCCCCCCCCCCCCC(O)C(COC1OC(CO)C(O)C(O)C1O)NC(=O)CCCCC. The highest BCUT2D eigenvalue weighted by molar-refractivity contribution is 5.76. The van der Waals surface area contributed by atoms with Crippen LogP contribution in [0.2, 0.25) is 0 Å². The summed E-state index contributed by atoms with van der Waals surface area (Å²) >= 11 is 0. The third-order valence-electron chi connectivity index (χ3n) is 9.46. The van der Waals surface area contributed by atoms with Gasteiger partial charge in [0.2, 0.25) is 5.91 Å². The van der Waals surface area contributed by atoms with Crippen molar-refractivity contribution in [3.05, 3.63) is 0 Å². The molecule has 0 aromatic rings. The molecule has 0 saturated carbocycles. The molecule has 6 N–H and O–H groups in total. The summed E-state index contributed by atoms with van der Waals surface area (Å²) in [4.78, 5) is 12.5. The van der Waals surface area contributed by atoms with Crippen molar-refractivity contribution in [2.75, 3.05) is 13.2 Å². The van der Waals surface area contributed by atoms with E-state index in [0.717, 1.165) is 38.5 Å². The number of hydrogen-bond donors (Lipinski definition) is 6. The highest BCUT2D eigenvalue weighted by atomic mass is 16.7. The molecular weight excluding hydrogens is 586 g/mol. The minimum atomic E-state index is -1.54. The predicted molar refractivity (Wildman–Crippen MR) is 184 cm³/mol. The van der Waals surface area contributed by atoms with Crippen molar-refractivity contribution in [2.24, 2.45) is 0 Å². The molecule has 1 rings (SSSR count). The summed E-state index contributed by atoms with van der Waals surface area (Å²) in [7, 11) is 0. The second-order valence-corrected chi connectivity index (χ2v) is 13.7. The highest BCUT2D eigenvalue weighted by Crippen LogP contribution is 2.23. The number of ether oxygens (including phenoxy) is 2.